The Hall–Kier alpha value is -3.16. The lowest BCUT2D eigenvalue weighted by atomic mass is 9.90. The van der Waals surface area contributed by atoms with E-state index in [1.54, 1.807) is 11.8 Å². The summed E-state index contributed by atoms with van der Waals surface area (Å²) in [6, 6.07) is 9.03. The number of amides is 2. The monoisotopic (exact) mass is 424 g/mol. The summed E-state index contributed by atoms with van der Waals surface area (Å²) in [5.41, 5.74) is 0.654. The Bertz CT molecular complexity index is 1020. The third-order valence-corrected chi connectivity index (χ3v) is 6.33. The van der Waals surface area contributed by atoms with Crippen molar-refractivity contribution in [3.63, 3.8) is 0 Å². The Labute approximate surface area is 181 Å². The number of nitrogens with zero attached hydrogens (tertiary/aromatic N) is 3. The Kier molecular flexibility index (Phi) is 5.56. The highest BCUT2D eigenvalue weighted by Gasteiger charge is 2.49. The number of nitrogens with one attached hydrogen (secondary N) is 1. The molecule has 1 aromatic heterocycles. The second-order valence-corrected chi connectivity index (χ2v) is 8.57. The number of hydrogen-bond acceptors (Lipinski definition) is 5. The van der Waals surface area contributed by atoms with Crippen molar-refractivity contribution >= 4 is 23.5 Å². The minimum absolute atomic E-state index is 0.0486. The topological polar surface area (TPSA) is 93.5 Å². The summed E-state index contributed by atoms with van der Waals surface area (Å²) in [5, 5.41) is 7.44. The van der Waals surface area contributed by atoms with Gasteiger partial charge in [0.1, 0.15) is 11.2 Å². The van der Waals surface area contributed by atoms with Gasteiger partial charge in [0.15, 0.2) is 5.69 Å². The summed E-state index contributed by atoms with van der Waals surface area (Å²) < 4.78 is 6.21. The van der Waals surface area contributed by atoms with Crippen molar-refractivity contribution in [1.82, 2.24) is 15.1 Å². The molecule has 2 amide bonds. The maximum atomic E-state index is 13.6. The zero-order chi connectivity index (χ0) is 22.2. The van der Waals surface area contributed by atoms with E-state index in [-0.39, 0.29) is 35.8 Å². The predicted molar refractivity (Wildman–Crippen MR) is 115 cm³/mol. The van der Waals surface area contributed by atoms with Crippen LogP contribution in [0.2, 0.25) is 0 Å². The number of carbonyl (C=O) groups excluding carboxylic acids is 3. The fourth-order valence-electron chi connectivity index (χ4n) is 4.57. The number of benzene rings is 1. The lowest BCUT2D eigenvalue weighted by molar-refractivity contribution is -0.127. The SMILES string of the molecule is COC(=O)c1cc2n(n1)CC(C)(C(=O)NC1CCCCC1)N(c1ccccc1C)C2=O. The molecular weight excluding hydrogens is 396 g/mol. The molecule has 1 aliphatic carbocycles. The second kappa shape index (κ2) is 8.17. The van der Waals surface area contributed by atoms with Gasteiger partial charge in [-0.1, -0.05) is 37.5 Å². The van der Waals surface area contributed by atoms with Crippen molar-refractivity contribution < 1.29 is 19.1 Å². The van der Waals surface area contributed by atoms with Crippen LogP contribution in [-0.4, -0.2) is 46.3 Å². The zero-order valence-corrected chi connectivity index (χ0v) is 18.2. The number of rotatable bonds is 4. The third kappa shape index (κ3) is 3.71. The molecular formula is C23H28N4O4. The van der Waals surface area contributed by atoms with Gasteiger partial charge in [-0.25, -0.2) is 4.79 Å². The summed E-state index contributed by atoms with van der Waals surface area (Å²) in [4.78, 5) is 40.8. The standard InChI is InChI=1S/C23H28N4O4/c1-15-9-7-8-12-18(15)27-20(28)19-13-17(21(29)31-3)25-26(19)14-23(27,2)22(30)24-16-10-5-4-6-11-16/h7-9,12-13,16H,4-6,10-11,14H2,1-3H3,(H,24,30). The van der Waals surface area contributed by atoms with Crippen LogP contribution < -0.4 is 10.2 Å². The molecule has 8 nitrogen and oxygen atoms in total. The molecule has 0 spiro atoms. The van der Waals surface area contributed by atoms with Crippen LogP contribution in [0.4, 0.5) is 5.69 Å². The smallest absolute Gasteiger partial charge is 0.358 e. The fraction of sp³-hybridized carbons (Fsp3) is 0.478. The van der Waals surface area contributed by atoms with Gasteiger partial charge in [-0.15, -0.1) is 0 Å². The molecule has 2 aliphatic rings. The summed E-state index contributed by atoms with van der Waals surface area (Å²) in [6.45, 7) is 3.81. The first-order chi connectivity index (χ1) is 14.8. The van der Waals surface area contributed by atoms with E-state index in [1.807, 2.05) is 31.2 Å². The van der Waals surface area contributed by atoms with E-state index in [1.165, 1.54) is 24.3 Å². The maximum absolute atomic E-state index is 13.6. The number of anilines is 1. The Morgan fingerprint density at radius 3 is 2.58 bits per heavy atom. The van der Waals surface area contributed by atoms with Gasteiger partial charge in [0.05, 0.1) is 13.7 Å². The van der Waals surface area contributed by atoms with Crippen LogP contribution in [0, 0.1) is 6.92 Å². The normalized spacial score (nSPS) is 21.5. The van der Waals surface area contributed by atoms with E-state index in [2.05, 4.69) is 10.4 Å². The largest absolute Gasteiger partial charge is 0.464 e. The number of aryl methyl sites for hydroxylation is 1. The van der Waals surface area contributed by atoms with Gasteiger partial charge in [-0.2, -0.15) is 5.10 Å². The molecule has 0 saturated heterocycles. The first-order valence-electron chi connectivity index (χ1n) is 10.7. The minimum Gasteiger partial charge on any atom is -0.464 e. The van der Waals surface area contributed by atoms with E-state index in [9.17, 15) is 14.4 Å². The summed E-state index contributed by atoms with van der Waals surface area (Å²) >= 11 is 0. The van der Waals surface area contributed by atoms with Crippen molar-refractivity contribution in [2.45, 2.75) is 64.1 Å². The molecule has 0 radical (unpaired) electrons. The molecule has 1 saturated carbocycles. The number of esters is 1. The van der Waals surface area contributed by atoms with Crippen LogP contribution in [-0.2, 0) is 16.1 Å². The van der Waals surface area contributed by atoms with Crippen molar-refractivity contribution in [2.24, 2.45) is 0 Å². The first kappa shape index (κ1) is 21.1. The molecule has 164 valence electrons. The number of fused-ring (bicyclic) bond motifs is 1. The number of hydrogen-bond donors (Lipinski definition) is 1. The van der Waals surface area contributed by atoms with Crippen molar-refractivity contribution in [2.75, 3.05) is 12.0 Å². The van der Waals surface area contributed by atoms with Gasteiger partial charge in [-0.3, -0.25) is 19.2 Å². The average Bonchev–Trinajstić information content (AvgIpc) is 3.19. The summed E-state index contributed by atoms with van der Waals surface area (Å²) in [6.07, 6.45) is 5.26. The summed E-state index contributed by atoms with van der Waals surface area (Å²) in [7, 11) is 1.27. The number of para-hydroxylation sites is 1. The van der Waals surface area contributed by atoms with E-state index in [0.29, 0.717) is 5.69 Å². The molecule has 1 N–H and O–H groups in total. The molecule has 0 bridgehead atoms. The number of methoxy groups -OCH3 is 1. The Balaban J connectivity index is 1.77. The first-order valence-corrected chi connectivity index (χ1v) is 10.7. The van der Waals surface area contributed by atoms with Crippen molar-refractivity contribution in [3.8, 4) is 0 Å². The molecule has 31 heavy (non-hydrogen) atoms. The van der Waals surface area contributed by atoms with E-state index in [0.717, 1.165) is 31.2 Å². The van der Waals surface area contributed by atoms with Gasteiger partial charge >= 0.3 is 5.97 Å². The van der Waals surface area contributed by atoms with E-state index >= 15 is 0 Å². The van der Waals surface area contributed by atoms with E-state index < -0.39 is 11.5 Å². The molecule has 1 atom stereocenters. The van der Waals surface area contributed by atoms with Crippen LogP contribution in [0.5, 0.6) is 0 Å². The molecule has 8 heteroatoms. The minimum atomic E-state index is -1.20. The Morgan fingerprint density at radius 1 is 1.19 bits per heavy atom. The lowest BCUT2D eigenvalue weighted by Crippen LogP contribution is -2.65. The van der Waals surface area contributed by atoms with Gasteiger partial charge in [0, 0.05) is 17.8 Å². The van der Waals surface area contributed by atoms with Gasteiger partial charge in [0.2, 0.25) is 5.91 Å². The van der Waals surface area contributed by atoms with Gasteiger partial charge in [0.25, 0.3) is 5.91 Å². The molecule has 1 aromatic carbocycles. The molecule has 1 aliphatic heterocycles. The maximum Gasteiger partial charge on any atom is 0.358 e. The highest BCUT2D eigenvalue weighted by Crippen LogP contribution is 2.35. The molecule has 2 heterocycles. The Morgan fingerprint density at radius 2 is 1.90 bits per heavy atom. The number of carbonyl (C=O) groups is 3. The molecule has 2 aromatic rings. The highest BCUT2D eigenvalue weighted by molar-refractivity contribution is 6.12. The van der Waals surface area contributed by atoms with Crippen LogP contribution in [0.15, 0.2) is 30.3 Å². The van der Waals surface area contributed by atoms with E-state index in [4.69, 9.17) is 4.74 Å². The third-order valence-electron chi connectivity index (χ3n) is 6.33. The van der Waals surface area contributed by atoms with Gasteiger partial charge in [-0.05, 0) is 38.3 Å². The van der Waals surface area contributed by atoms with Gasteiger partial charge < -0.3 is 10.1 Å². The van der Waals surface area contributed by atoms with Crippen molar-refractivity contribution in [3.05, 3.63) is 47.3 Å². The highest BCUT2D eigenvalue weighted by atomic mass is 16.5. The fourth-order valence-corrected chi connectivity index (χ4v) is 4.57. The molecule has 1 unspecified atom stereocenters. The molecule has 1 fully saturated rings. The lowest BCUT2D eigenvalue weighted by Gasteiger charge is -2.44. The summed E-state index contributed by atoms with van der Waals surface area (Å²) in [5.74, 6) is -1.20. The average molecular weight is 425 g/mol. The van der Waals surface area contributed by atoms with Crippen LogP contribution in [0.25, 0.3) is 0 Å². The quantitative estimate of drug-likeness (QED) is 0.762. The predicted octanol–water partition coefficient (Wildman–Crippen LogP) is 2.85. The molecule has 4 rings (SSSR count). The van der Waals surface area contributed by atoms with Crippen LogP contribution in [0.1, 0.15) is 65.6 Å². The van der Waals surface area contributed by atoms with Crippen LogP contribution >= 0.6 is 0 Å². The second-order valence-electron chi connectivity index (χ2n) is 8.57. The van der Waals surface area contributed by atoms with Crippen LogP contribution in [0.3, 0.4) is 0 Å². The number of ether oxygens (including phenoxy) is 1. The van der Waals surface area contributed by atoms with Crippen molar-refractivity contribution in [1.29, 1.82) is 0 Å². The number of aromatic nitrogens is 2. The zero-order valence-electron chi connectivity index (χ0n) is 18.2.